The first kappa shape index (κ1) is 13.1. The van der Waals surface area contributed by atoms with E-state index in [2.05, 4.69) is 0 Å². The Kier molecular flexibility index (Phi) is 4.34. The van der Waals surface area contributed by atoms with E-state index >= 15 is 0 Å². The van der Waals surface area contributed by atoms with Gasteiger partial charge >= 0.3 is 0 Å². The summed E-state index contributed by atoms with van der Waals surface area (Å²) in [5, 5.41) is 0.748. The first-order valence-electron chi connectivity index (χ1n) is 5.89. The van der Waals surface area contributed by atoms with E-state index in [0.29, 0.717) is 6.54 Å². The Morgan fingerprint density at radius 1 is 1.06 bits per heavy atom. The van der Waals surface area contributed by atoms with Gasteiger partial charge in [0.25, 0.3) is 0 Å². The Hall–Kier alpha value is -1.38. The molecule has 2 N–H and O–H groups in total. The van der Waals surface area contributed by atoms with Crippen LogP contribution >= 0.6 is 11.6 Å². The molecule has 2 rings (SSSR count). The van der Waals surface area contributed by atoms with Gasteiger partial charge in [-0.3, -0.25) is 0 Å². The number of rotatable bonds is 4. The monoisotopic (exact) mass is 263 g/mol. The third kappa shape index (κ3) is 3.09. The molecule has 1 unspecified atom stereocenters. The molecule has 1 atom stereocenters. The second-order valence-electron chi connectivity index (χ2n) is 4.28. The molecule has 2 aromatic carbocycles. The van der Waals surface area contributed by atoms with Gasteiger partial charge in [0.15, 0.2) is 0 Å². The fourth-order valence-electron chi connectivity index (χ4n) is 2.00. The quantitative estimate of drug-likeness (QED) is 0.893. The predicted molar refractivity (Wildman–Crippen MR) is 73.4 cm³/mol. The van der Waals surface area contributed by atoms with Crippen molar-refractivity contribution >= 4 is 11.6 Å². The van der Waals surface area contributed by atoms with Gasteiger partial charge in [0.2, 0.25) is 0 Å². The van der Waals surface area contributed by atoms with Crippen molar-refractivity contribution < 1.29 is 4.39 Å². The Bertz CT molecular complexity index is 510. The zero-order chi connectivity index (χ0) is 13.0. The van der Waals surface area contributed by atoms with Gasteiger partial charge in [-0.2, -0.15) is 0 Å². The highest BCUT2D eigenvalue weighted by Gasteiger charge is 2.12. The van der Waals surface area contributed by atoms with E-state index in [1.54, 1.807) is 12.1 Å². The standard InChI is InChI=1S/C15H15ClFN/c16-15-4-2-1-3-12(15)9-13(10-18)11-5-7-14(17)8-6-11/h1-8,13H,9-10,18H2. The summed E-state index contributed by atoms with van der Waals surface area (Å²) in [5.74, 6) is -0.0715. The zero-order valence-electron chi connectivity index (χ0n) is 9.94. The molecule has 3 heteroatoms. The first-order chi connectivity index (χ1) is 8.70. The fourth-order valence-corrected chi connectivity index (χ4v) is 2.21. The largest absolute Gasteiger partial charge is 0.330 e. The molecule has 0 spiro atoms. The number of hydrogen-bond donors (Lipinski definition) is 1. The number of halogens is 2. The third-order valence-electron chi connectivity index (χ3n) is 3.05. The maximum absolute atomic E-state index is 12.9. The number of benzene rings is 2. The SMILES string of the molecule is NCC(Cc1ccccc1Cl)c1ccc(F)cc1. The highest BCUT2D eigenvalue weighted by Crippen LogP contribution is 2.24. The molecule has 94 valence electrons. The lowest BCUT2D eigenvalue weighted by Crippen LogP contribution is -2.15. The minimum atomic E-state index is -0.229. The fraction of sp³-hybridized carbons (Fsp3) is 0.200. The Morgan fingerprint density at radius 3 is 2.33 bits per heavy atom. The minimum absolute atomic E-state index is 0.158. The van der Waals surface area contributed by atoms with Gasteiger partial charge < -0.3 is 5.73 Å². The van der Waals surface area contributed by atoms with Gasteiger partial charge in [-0.25, -0.2) is 4.39 Å². The summed E-state index contributed by atoms with van der Waals surface area (Å²) in [4.78, 5) is 0. The topological polar surface area (TPSA) is 26.0 Å². The molecular formula is C15H15ClFN. The van der Waals surface area contributed by atoms with Crippen LogP contribution in [0.4, 0.5) is 4.39 Å². The first-order valence-corrected chi connectivity index (χ1v) is 6.27. The highest BCUT2D eigenvalue weighted by molar-refractivity contribution is 6.31. The summed E-state index contributed by atoms with van der Waals surface area (Å²) in [7, 11) is 0. The van der Waals surface area contributed by atoms with Crippen molar-refractivity contribution in [2.75, 3.05) is 6.54 Å². The van der Waals surface area contributed by atoms with Crippen molar-refractivity contribution in [1.82, 2.24) is 0 Å². The van der Waals surface area contributed by atoms with E-state index in [1.165, 1.54) is 12.1 Å². The number of nitrogens with two attached hydrogens (primary N) is 1. The molecule has 0 aliphatic rings. The van der Waals surface area contributed by atoms with E-state index in [4.69, 9.17) is 17.3 Å². The molecule has 0 aromatic heterocycles. The predicted octanol–water partition coefficient (Wildman–Crippen LogP) is 3.76. The van der Waals surface area contributed by atoms with Crippen molar-refractivity contribution in [1.29, 1.82) is 0 Å². The van der Waals surface area contributed by atoms with Gasteiger partial charge in [-0.1, -0.05) is 41.9 Å². The zero-order valence-corrected chi connectivity index (χ0v) is 10.7. The van der Waals surface area contributed by atoms with Crippen LogP contribution in [0.5, 0.6) is 0 Å². The molecule has 2 aromatic rings. The maximum atomic E-state index is 12.9. The van der Waals surface area contributed by atoms with E-state index in [0.717, 1.165) is 22.6 Å². The lowest BCUT2D eigenvalue weighted by Gasteiger charge is -2.16. The van der Waals surface area contributed by atoms with Gasteiger partial charge in [0.1, 0.15) is 5.82 Å². The second kappa shape index (κ2) is 5.98. The van der Waals surface area contributed by atoms with Crippen molar-refractivity contribution in [3.8, 4) is 0 Å². The van der Waals surface area contributed by atoms with Crippen LogP contribution < -0.4 is 5.73 Å². The molecule has 0 saturated heterocycles. The molecule has 0 saturated carbocycles. The molecule has 0 heterocycles. The normalized spacial score (nSPS) is 12.4. The molecule has 0 bridgehead atoms. The molecule has 18 heavy (non-hydrogen) atoms. The molecule has 0 aliphatic carbocycles. The van der Waals surface area contributed by atoms with E-state index in [-0.39, 0.29) is 11.7 Å². The van der Waals surface area contributed by atoms with E-state index < -0.39 is 0 Å². The average Bonchev–Trinajstić information content (AvgIpc) is 2.39. The van der Waals surface area contributed by atoms with Crippen molar-refractivity contribution in [2.24, 2.45) is 5.73 Å². The lowest BCUT2D eigenvalue weighted by molar-refractivity contribution is 0.623. The van der Waals surface area contributed by atoms with Crippen molar-refractivity contribution in [3.63, 3.8) is 0 Å². The summed E-state index contributed by atoms with van der Waals surface area (Å²) in [6.07, 6.45) is 0.766. The molecule has 0 aliphatic heterocycles. The molecule has 0 fully saturated rings. The van der Waals surface area contributed by atoms with Crippen LogP contribution in [0.2, 0.25) is 5.02 Å². The van der Waals surface area contributed by atoms with E-state index in [1.807, 2.05) is 24.3 Å². The molecular weight excluding hydrogens is 249 g/mol. The van der Waals surface area contributed by atoms with Gasteiger partial charge in [-0.15, -0.1) is 0 Å². The van der Waals surface area contributed by atoms with Crippen LogP contribution in [0.25, 0.3) is 0 Å². The minimum Gasteiger partial charge on any atom is -0.330 e. The Morgan fingerprint density at radius 2 is 1.72 bits per heavy atom. The smallest absolute Gasteiger partial charge is 0.123 e. The van der Waals surface area contributed by atoms with Crippen LogP contribution in [-0.2, 0) is 6.42 Å². The third-order valence-corrected chi connectivity index (χ3v) is 3.42. The van der Waals surface area contributed by atoms with Crippen LogP contribution in [0.1, 0.15) is 17.0 Å². The molecule has 1 nitrogen and oxygen atoms in total. The summed E-state index contributed by atoms with van der Waals surface area (Å²) < 4.78 is 12.9. The molecule has 0 amide bonds. The van der Waals surface area contributed by atoms with Gasteiger partial charge in [-0.05, 0) is 42.3 Å². The van der Waals surface area contributed by atoms with Gasteiger partial charge in [0, 0.05) is 10.9 Å². The summed E-state index contributed by atoms with van der Waals surface area (Å²) in [5.41, 5.74) is 7.91. The van der Waals surface area contributed by atoms with Crippen molar-refractivity contribution in [3.05, 3.63) is 70.5 Å². The second-order valence-corrected chi connectivity index (χ2v) is 4.69. The van der Waals surface area contributed by atoms with E-state index in [9.17, 15) is 4.39 Å². The van der Waals surface area contributed by atoms with Crippen LogP contribution in [0.15, 0.2) is 48.5 Å². The lowest BCUT2D eigenvalue weighted by atomic mass is 9.92. The summed E-state index contributed by atoms with van der Waals surface area (Å²) >= 11 is 6.14. The van der Waals surface area contributed by atoms with Crippen molar-refractivity contribution in [2.45, 2.75) is 12.3 Å². The van der Waals surface area contributed by atoms with Crippen LogP contribution in [0.3, 0.4) is 0 Å². The Balaban J connectivity index is 2.20. The molecule has 0 radical (unpaired) electrons. The van der Waals surface area contributed by atoms with Crippen LogP contribution in [0, 0.1) is 5.82 Å². The van der Waals surface area contributed by atoms with Crippen LogP contribution in [-0.4, -0.2) is 6.54 Å². The highest BCUT2D eigenvalue weighted by atomic mass is 35.5. The maximum Gasteiger partial charge on any atom is 0.123 e. The number of hydrogen-bond acceptors (Lipinski definition) is 1. The summed E-state index contributed by atoms with van der Waals surface area (Å²) in [6.45, 7) is 0.511. The van der Waals surface area contributed by atoms with Gasteiger partial charge in [0.05, 0.1) is 0 Å². The Labute approximate surface area is 111 Å². The summed E-state index contributed by atoms with van der Waals surface area (Å²) in [6, 6.07) is 14.2. The average molecular weight is 264 g/mol.